The Kier molecular flexibility index (Phi) is 2.04. The van der Waals surface area contributed by atoms with Gasteiger partial charge in [0.05, 0.1) is 7.11 Å². The van der Waals surface area contributed by atoms with Gasteiger partial charge in [-0.25, -0.2) is 0 Å². The number of rotatable bonds is 1. The molecule has 0 unspecified atom stereocenters. The average molecular weight is 241 g/mol. The van der Waals surface area contributed by atoms with Crippen LogP contribution in [0.5, 0.6) is 5.75 Å². The molecule has 0 saturated carbocycles. The molecule has 0 aliphatic rings. The highest BCUT2D eigenvalue weighted by Gasteiger charge is 2.09. The summed E-state index contributed by atoms with van der Waals surface area (Å²) in [6.45, 7) is 1.92. The van der Waals surface area contributed by atoms with Crippen LogP contribution in [0.25, 0.3) is 11.0 Å². The lowest BCUT2D eigenvalue weighted by Gasteiger charge is -2.00. The Hall–Kier alpha value is -0.960. The second kappa shape index (κ2) is 3.07. The molecule has 2 nitrogen and oxygen atoms in total. The predicted octanol–water partition coefficient (Wildman–Crippen LogP) is 3.51. The van der Waals surface area contributed by atoms with Crippen molar-refractivity contribution in [3.8, 4) is 5.75 Å². The molecule has 1 aromatic heterocycles. The summed E-state index contributed by atoms with van der Waals surface area (Å²) in [5, 5.41) is 1.05. The molecule has 3 heteroatoms. The summed E-state index contributed by atoms with van der Waals surface area (Å²) in [6, 6.07) is 5.83. The van der Waals surface area contributed by atoms with E-state index in [9.17, 15) is 0 Å². The summed E-state index contributed by atoms with van der Waals surface area (Å²) in [5.74, 6) is 1.66. The van der Waals surface area contributed by atoms with Gasteiger partial charge in [-0.2, -0.15) is 0 Å². The van der Waals surface area contributed by atoms with Crippen molar-refractivity contribution in [1.29, 1.82) is 0 Å². The van der Waals surface area contributed by atoms with Crippen molar-refractivity contribution in [2.75, 3.05) is 7.11 Å². The van der Waals surface area contributed by atoms with E-state index in [1.807, 2.05) is 25.1 Å². The molecule has 68 valence electrons. The molecule has 0 atom stereocenters. The Balaban J connectivity index is 2.83. The van der Waals surface area contributed by atoms with Crippen LogP contribution in [0.1, 0.15) is 5.76 Å². The van der Waals surface area contributed by atoms with Crippen LogP contribution >= 0.6 is 15.9 Å². The fraction of sp³-hybridized carbons (Fsp3) is 0.200. The van der Waals surface area contributed by atoms with E-state index in [1.165, 1.54) is 0 Å². The van der Waals surface area contributed by atoms with Gasteiger partial charge < -0.3 is 9.15 Å². The van der Waals surface area contributed by atoms with Crippen molar-refractivity contribution in [1.82, 2.24) is 0 Å². The number of fused-ring (bicyclic) bond motifs is 1. The van der Waals surface area contributed by atoms with Crippen LogP contribution in [0.2, 0.25) is 0 Å². The second-order valence-corrected chi connectivity index (χ2v) is 3.70. The highest BCUT2D eigenvalue weighted by Crippen LogP contribution is 2.33. The van der Waals surface area contributed by atoms with E-state index in [1.54, 1.807) is 7.11 Å². The quantitative estimate of drug-likeness (QED) is 0.762. The SMILES string of the molecule is COc1ccc(Br)c2cc(C)oc12. The molecule has 1 heterocycles. The maximum Gasteiger partial charge on any atom is 0.177 e. The third-order valence-corrected chi connectivity index (χ3v) is 2.63. The molecular weight excluding hydrogens is 232 g/mol. The molecule has 13 heavy (non-hydrogen) atoms. The number of hydrogen-bond acceptors (Lipinski definition) is 2. The van der Waals surface area contributed by atoms with Crippen LogP contribution in [0.3, 0.4) is 0 Å². The van der Waals surface area contributed by atoms with Crippen LogP contribution in [-0.2, 0) is 0 Å². The van der Waals surface area contributed by atoms with Gasteiger partial charge in [-0.05, 0) is 25.1 Å². The number of furan rings is 1. The van der Waals surface area contributed by atoms with E-state index in [0.717, 1.165) is 27.0 Å². The first kappa shape index (κ1) is 8.63. The first-order valence-electron chi connectivity index (χ1n) is 3.95. The molecule has 2 rings (SSSR count). The third-order valence-electron chi connectivity index (χ3n) is 1.94. The standard InChI is InChI=1S/C10H9BrO2/c1-6-5-7-8(11)3-4-9(12-2)10(7)13-6/h3-5H,1-2H3. The van der Waals surface area contributed by atoms with E-state index in [4.69, 9.17) is 9.15 Å². The van der Waals surface area contributed by atoms with Gasteiger partial charge in [0.15, 0.2) is 11.3 Å². The molecular formula is C10H9BrO2. The van der Waals surface area contributed by atoms with Gasteiger partial charge in [0, 0.05) is 9.86 Å². The largest absolute Gasteiger partial charge is 0.493 e. The Morgan fingerprint density at radius 2 is 2.15 bits per heavy atom. The van der Waals surface area contributed by atoms with Crippen molar-refractivity contribution >= 4 is 26.9 Å². The van der Waals surface area contributed by atoms with Gasteiger partial charge in [0.25, 0.3) is 0 Å². The van der Waals surface area contributed by atoms with Crippen LogP contribution < -0.4 is 4.74 Å². The summed E-state index contributed by atoms with van der Waals surface area (Å²) in [4.78, 5) is 0. The lowest BCUT2D eigenvalue weighted by Crippen LogP contribution is -1.82. The molecule has 0 amide bonds. The van der Waals surface area contributed by atoms with Gasteiger partial charge in [-0.15, -0.1) is 0 Å². The normalized spacial score (nSPS) is 10.7. The summed E-state index contributed by atoms with van der Waals surface area (Å²) < 4.78 is 11.7. The van der Waals surface area contributed by atoms with E-state index >= 15 is 0 Å². The maximum absolute atomic E-state index is 5.52. The van der Waals surface area contributed by atoms with Gasteiger partial charge in [0.2, 0.25) is 0 Å². The monoisotopic (exact) mass is 240 g/mol. The Bertz CT molecular complexity index is 445. The van der Waals surface area contributed by atoms with E-state index in [0.29, 0.717) is 0 Å². The molecule has 0 saturated heterocycles. The minimum absolute atomic E-state index is 0.770. The lowest BCUT2D eigenvalue weighted by molar-refractivity contribution is 0.408. The lowest BCUT2D eigenvalue weighted by atomic mass is 10.2. The fourth-order valence-electron chi connectivity index (χ4n) is 1.35. The van der Waals surface area contributed by atoms with Crippen molar-refractivity contribution in [3.05, 3.63) is 28.4 Å². The van der Waals surface area contributed by atoms with Crippen molar-refractivity contribution < 1.29 is 9.15 Å². The molecule has 0 bridgehead atoms. The average Bonchev–Trinajstić information content (AvgIpc) is 2.48. The number of aryl methyl sites for hydroxylation is 1. The zero-order chi connectivity index (χ0) is 9.42. The summed E-state index contributed by atoms with van der Waals surface area (Å²) in [7, 11) is 1.64. The number of methoxy groups -OCH3 is 1. The van der Waals surface area contributed by atoms with Crippen molar-refractivity contribution in [3.63, 3.8) is 0 Å². The minimum Gasteiger partial charge on any atom is -0.493 e. The van der Waals surface area contributed by atoms with Gasteiger partial charge in [-0.3, -0.25) is 0 Å². The number of halogens is 1. The van der Waals surface area contributed by atoms with Crippen molar-refractivity contribution in [2.24, 2.45) is 0 Å². The number of ether oxygens (including phenoxy) is 1. The topological polar surface area (TPSA) is 22.4 Å². The van der Waals surface area contributed by atoms with Gasteiger partial charge in [-0.1, -0.05) is 15.9 Å². The van der Waals surface area contributed by atoms with Gasteiger partial charge in [0.1, 0.15) is 5.76 Å². The number of hydrogen-bond donors (Lipinski definition) is 0. The Labute approximate surface area is 84.6 Å². The van der Waals surface area contributed by atoms with Crippen molar-refractivity contribution in [2.45, 2.75) is 6.92 Å². The van der Waals surface area contributed by atoms with Crippen LogP contribution in [0.4, 0.5) is 0 Å². The second-order valence-electron chi connectivity index (χ2n) is 2.85. The Morgan fingerprint density at radius 3 is 2.85 bits per heavy atom. The highest BCUT2D eigenvalue weighted by molar-refractivity contribution is 9.10. The maximum atomic E-state index is 5.52. The highest BCUT2D eigenvalue weighted by atomic mass is 79.9. The summed E-state index contributed by atoms with van der Waals surface area (Å²) in [5.41, 5.74) is 0.800. The first-order valence-corrected chi connectivity index (χ1v) is 4.74. The first-order chi connectivity index (χ1) is 6.22. The molecule has 0 radical (unpaired) electrons. The van der Waals surface area contributed by atoms with E-state index in [2.05, 4.69) is 15.9 Å². The Morgan fingerprint density at radius 1 is 1.38 bits per heavy atom. The molecule has 2 aromatic rings. The molecule has 1 aromatic carbocycles. The molecule has 0 fully saturated rings. The third kappa shape index (κ3) is 1.33. The van der Waals surface area contributed by atoms with E-state index < -0.39 is 0 Å². The van der Waals surface area contributed by atoms with Gasteiger partial charge >= 0.3 is 0 Å². The molecule has 0 N–H and O–H groups in total. The predicted molar refractivity (Wildman–Crippen MR) is 55.2 cm³/mol. The zero-order valence-corrected chi connectivity index (χ0v) is 9.01. The molecule has 0 spiro atoms. The molecule has 0 aliphatic heterocycles. The van der Waals surface area contributed by atoms with Crippen LogP contribution in [-0.4, -0.2) is 7.11 Å². The van der Waals surface area contributed by atoms with Crippen LogP contribution in [0.15, 0.2) is 27.1 Å². The molecule has 0 aliphatic carbocycles. The zero-order valence-electron chi connectivity index (χ0n) is 7.43. The smallest absolute Gasteiger partial charge is 0.177 e. The summed E-state index contributed by atoms with van der Waals surface area (Å²) >= 11 is 3.46. The van der Waals surface area contributed by atoms with E-state index in [-0.39, 0.29) is 0 Å². The fourth-order valence-corrected chi connectivity index (χ4v) is 1.78. The minimum atomic E-state index is 0.770. The number of benzene rings is 1. The summed E-state index contributed by atoms with van der Waals surface area (Å²) in [6.07, 6.45) is 0. The van der Waals surface area contributed by atoms with Crippen LogP contribution in [0, 0.1) is 6.92 Å².